The third kappa shape index (κ3) is 3.09. The SMILES string of the molecule is COCC1(O)CN(C(=O)c2ccccc2C(=O)c2ccccc2)C1. The summed E-state index contributed by atoms with van der Waals surface area (Å²) in [7, 11) is 1.51. The lowest BCUT2D eigenvalue weighted by molar-refractivity contribution is -0.117. The number of benzene rings is 2. The number of carbonyl (C=O) groups excluding carboxylic acids is 2. The van der Waals surface area contributed by atoms with Crippen LogP contribution in [0.3, 0.4) is 0 Å². The van der Waals surface area contributed by atoms with Crippen LogP contribution in [0.4, 0.5) is 0 Å². The van der Waals surface area contributed by atoms with Gasteiger partial charge in [0.15, 0.2) is 5.78 Å². The van der Waals surface area contributed by atoms with Crippen LogP contribution in [0, 0.1) is 0 Å². The largest absolute Gasteiger partial charge is 0.384 e. The molecule has 0 saturated carbocycles. The smallest absolute Gasteiger partial charge is 0.254 e. The highest BCUT2D eigenvalue weighted by atomic mass is 16.5. The van der Waals surface area contributed by atoms with Crippen molar-refractivity contribution in [2.75, 3.05) is 26.8 Å². The van der Waals surface area contributed by atoms with Gasteiger partial charge in [0.05, 0.1) is 25.3 Å². The molecule has 0 spiro atoms. The molecule has 0 unspecified atom stereocenters. The molecular weight excluding hydrogens is 306 g/mol. The van der Waals surface area contributed by atoms with Crippen molar-refractivity contribution in [1.82, 2.24) is 4.90 Å². The van der Waals surface area contributed by atoms with Crippen LogP contribution in [0.2, 0.25) is 0 Å². The van der Waals surface area contributed by atoms with Gasteiger partial charge in [-0.25, -0.2) is 0 Å². The minimum atomic E-state index is -0.997. The van der Waals surface area contributed by atoms with Crippen LogP contribution in [-0.4, -0.2) is 54.1 Å². The third-order valence-electron chi connectivity index (χ3n) is 4.11. The number of carbonyl (C=O) groups is 2. The normalized spacial score (nSPS) is 15.7. The second-order valence-electron chi connectivity index (χ2n) is 6.06. The van der Waals surface area contributed by atoms with Crippen LogP contribution < -0.4 is 0 Å². The highest BCUT2D eigenvalue weighted by molar-refractivity contribution is 6.15. The number of ketones is 1. The van der Waals surface area contributed by atoms with E-state index in [4.69, 9.17) is 4.74 Å². The zero-order valence-corrected chi connectivity index (χ0v) is 13.4. The van der Waals surface area contributed by atoms with Crippen molar-refractivity contribution in [2.24, 2.45) is 0 Å². The fourth-order valence-corrected chi connectivity index (χ4v) is 2.95. The van der Waals surface area contributed by atoms with Crippen LogP contribution in [0.15, 0.2) is 54.6 Å². The molecule has 1 amide bonds. The number of hydrogen-bond acceptors (Lipinski definition) is 4. The molecule has 1 fully saturated rings. The molecule has 5 nitrogen and oxygen atoms in total. The molecule has 0 bridgehead atoms. The van der Waals surface area contributed by atoms with Crippen molar-refractivity contribution >= 4 is 11.7 Å². The molecule has 2 aromatic rings. The molecule has 1 aliphatic rings. The van der Waals surface area contributed by atoms with Crippen molar-refractivity contribution in [3.63, 3.8) is 0 Å². The first-order valence-corrected chi connectivity index (χ1v) is 7.73. The van der Waals surface area contributed by atoms with E-state index >= 15 is 0 Å². The molecule has 2 aromatic carbocycles. The van der Waals surface area contributed by atoms with Gasteiger partial charge < -0.3 is 14.7 Å². The summed E-state index contributed by atoms with van der Waals surface area (Å²) in [5, 5.41) is 10.1. The fourth-order valence-electron chi connectivity index (χ4n) is 2.95. The highest BCUT2D eigenvalue weighted by Gasteiger charge is 2.44. The standard InChI is InChI=1S/C19H19NO4/c1-24-13-19(23)11-20(12-19)18(22)16-10-6-5-9-15(16)17(21)14-7-3-2-4-8-14/h2-10,23H,11-13H2,1H3. The molecule has 0 atom stereocenters. The van der Waals surface area contributed by atoms with Crippen molar-refractivity contribution < 1.29 is 19.4 Å². The van der Waals surface area contributed by atoms with E-state index in [-0.39, 0.29) is 31.4 Å². The zero-order chi connectivity index (χ0) is 17.2. The Morgan fingerprint density at radius 3 is 2.25 bits per heavy atom. The van der Waals surface area contributed by atoms with Crippen LogP contribution in [-0.2, 0) is 4.74 Å². The Bertz CT molecular complexity index is 751. The highest BCUT2D eigenvalue weighted by Crippen LogP contribution is 2.25. The number of rotatable bonds is 5. The van der Waals surface area contributed by atoms with Crippen molar-refractivity contribution in [1.29, 1.82) is 0 Å². The Morgan fingerprint density at radius 1 is 1.04 bits per heavy atom. The van der Waals surface area contributed by atoms with Gasteiger partial charge in [-0.3, -0.25) is 9.59 Å². The maximum absolute atomic E-state index is 12.7. The molecule has 0 aliphatic carbocycles. The van der Waals surface area contributed by atoms with Gasteiger partial charge in [-0.15, -0.1) is 0 Å². The second kappa shape index (κ2) is 6.55. The van der Waals surface area contributed by atoms with E-state index in [2.05, 4.69) is 0 Å². The number of amides is 1. The summed E-state index contributed by atoms with van der Waals surface area (Å²) < 4.78 is 4.96. The van der Waals surface area contributed by atoms with Crippen LogP contribution in [0.1, 0.15) is 26.3 Å². The molecule has 124 valence electrons. The fraction of sp³-hybridized carbons (Fsp3) is 0.263. The summed E-state index contributed by atoms with van der Waals surface area (Å²) in [6.07, 6.45) is 0. The van der Waals surface area contributed by atoms with Crippen LogP contribution in [0.25, 0.3) is 0 Å². The summed E-state index contributed by atoms with van der Waals surface area (Å²) in [6, 6.07) is 15.6. The van der Waals surface area contributed by atoms with E-state index in [1.165, 1.54) is 12.0 Å². The predicted molar refractivity (Wildman–Crippen MR) is 89.0 cm³/mol. The molecule has 24 heavy (non-hydrogen) atoms. The Hall–Kier alpha value is -2.50. The summed E-state index contributed by atoms with van der Waals surface area (Å²) in [4.78, 5) is 26.9. The molecule has 5 heteroatoms. The summed E-state index contributed by atoms with van der Waals surface area (Å²) in [5.74, 6) is -0.442. The van der Waals surface area contributed by atoms with Crippen LogP contribution in [0.5, 0.6) is 0 Å². The number of aliphatic hydroxyl groups is 1. The minimum Gasteiger partial charge on any atom is -0.384 e. The molecule has 1 heterocycles. The number of likely N-dealkylation sites (tertiary alicyclic amines) is 1. The van der Waals surface area contributed by atoms with Crippen molar-refractivity contribution in [2.45, 2.75) is 5.60 Å². The zero-order valence-electron chi connectivity index (χ0n) is 13.4. The van der Waals surface area contributed by atoms with Gasteiger partial charge in [0, 0.05) is 18.2 Å². The number of hydrogen-bond donors (Lipinski definition) is 1. The molecule has 0 aromatic heterocycles. The molecule has 1 aliphatic heterocycles. The first kappa shape index (κ1) is 16.4. The minimum absolute atomic E-state index is 0.182. The lowest BCUT2D eigenvalue weighted by atomic mass is 9.92. The number of nitrogens with zero attached hydrogens (tertiary/aromatic N) is 1. The number of ether oxygens (including phenoxy) is 1. The monoisotopic (exact) mass is 325 g/mol. The van der Waals surface area contributed by atoms with E-state index in [1.807, 2.05) is 6.07 Å². The van der Waals surface area contributed by atoms with E-state index in [1.54, 1.807) is 48.5 Å². The molecular formula is C19H19NO4. The summed E-state index contributed by atoms with van der Waals surface area (Å²) in [5.41, 5.74) is 0.266. The Kier molecular flexibility index (Phi) is 4.46. The lowest BCUT2D eigenvalue weighted by Crippen LogP contribution is -2.65. The topological polar surface area (TPSA) is 66.8 Å². The van der Waals surface area contributed by atoms with E-state index in [9.17, 15) is 14.7 Å². The van der Waals surface area contributed by atoms with Gasteiger partial charge in [0.1, 0.15) is 5.60 Å². The predicted octanol–water partition coefficient (Wildman–Crippen LogP) is 1.75. The van der Waals surface area contributed by atoms with Gasteiger partial charge in [0.2, 0.25) is 0 Å². The Morgan fingerprint density at radius 2 is 1.62 bits per heavy atom. The lowest BCUT2D eigenvalue weighted by Gasteiger charge is -2.46. The maximum Gasteiger partial charge on any atom is 0.254 e. The molecule has 0 radical (unpaired) electrons. The first-order valence-electron chi connectivity index (χ1n) is 7.73. The molecule has 1 saturated heterocycles. The van der Waals surface area contributed by atoms with Gasteiger partial charge in [0.25, 0.3) is 5.91 Å². The Labute approximate surface area is 140 Å². The molecule has 1 N–H and O–H groups in total. The maximum atomic E-state index is 12.7. The van der Waals surface area contributed by atoms with E-state index in [0.29, 0.717) is 16.7 Å². The van der Waals surface area contributed by atoms with Crippen LogP contribution >= 0.6 is 0 Å². The van der Waals surface area contributed by atoms with E-state index < -0.39 is 5.60 Å². The number of β-amino-alcohol motifs (C(OH)–C–C–N with tert-alkyl or cyclic N) is 1. The van der Waals surface area contributed by atoms with Crippen molar-refractivity contribution in [3.05, 3.63) is 71.3 Å². The summed E-state index contributed by atoms with van der Waals surface area (Å²) >= 11 is 0. The quantitative estimate of drug-likeness (QED) is 0.851. The van der Waals surface area contributed by atoms with Gasteiger partial charge in [-0.2, -0.15) is 0 Å². The molecule has 3 rings (SSSR count). The third-order valence-corrected chi connectivity index (χ3v) is 4.11. The van der Waals surface area contributed by atoms with Gasteiger partial charge in [-0.1, -0.05) is 48.5 Å². The van der Waals surface area contributed by atoms with Crippen molar-refractivity contribution in [3.8, 4) is 0 Å². The Balaban J connectivity index is 1.83. The van der Waals surface area contributed by atoms with E-state index in [0.717, 1.165) is 0 Å². The second-order valence-corrected chi connectivity index (χ2v) is 6.06. The average molecular weight is 325 g/mol. The number of methoxy groups -OCH3 is 1. The van der Waals surface area contributed by atoms with Gasteiger partial charge in [-0.05, 0) is 6.07 Å². The van der Waals surface area contributed by atoms with Gasteiger partial charge >= 0.3 is 0 Å². The summed E-state index contributed by atoms with van der Waals surface area (Å²) in [6.45, 7) is 0.586. The average Bonchev–Trinajstić information content (AvgIpc) is 2.59. The first-order chi connectivity index (χ1) is 11.5.